The third-order valence-electron chi connectivity index (χ3n) is 5.54. The van der Waals surface area contributed by atoms with Crippen LogP contribution in [0.3, 0.4) is 0 Å². The molecule has 34 heavy (non-hydrogen) atoms. The average molecular weight is 477 g/mol. The maximum Gasteiger partial charge on any atom is 0.414 e. The molecule has 186 valence electrons. The zero-order chi connectivity index (χ0) is 25.4. The predicted molar refractivity (Wildman–Crippen MR) is 123 cm³/mol. The number of hydrogen-bond acceptors (Lipinski definition) is 10. The topological polar surface area (TPSA) is 159 Å². The summed E-state index contributed by atoms with van der Waals surface area (Å²) in [6.45, 7) is 9.88. The highest BCUT2D eigenvalue weighted by atomic mass is 16.5. The van der Waals surface area contributed by atoms with Crippen LogP contribution in [0.2, 0.25) is 0 Å². The van der Waals surface area contributed by atoms with Crippen molar-refractivity contribution < 1.29 is 28.8 Å². The van der Waals surface area contributed by atoms with Crippen molar-refractivity contribution in [3.63, 3.8) is 0 Å². The lowest BCUT2D eigenvalue weighted by Crippen LogP contribution is -2.33. The Balaban J connectivity index is 0.000000196. The van der Waals surface area contributed by atoms with Gasteiger partial charge in [-0.05, 0) is 54.6 Å². The molecule has 2 aliphatic rings. The Morgan fingerprint density at radius 3 is 1.41 bits per heavy atom. The second kappa shape index (κ2) is 12.2. The minimum Gasteiger partial charge on any atom is -0.473 e. The highest BCUT2D eigenvalue weighted by Crippen LogP contribution is 2.22. The lowest BCUT2D eigenvalue weighted by atomic mass is 10.0. The minimum absolute atomic E-state index is 0.600. The van der Waals surface area contributed by atoms with Crippen LogP contribution in [0.1, 0.15) is 50.1 Å². The van der Waals surface area contributed by atoms with Gasteiger partial charge in [-0.3, -0.25) is 9.80 Å². The Labute approximate surface area is 197 Å². The molecular weight excluding hydrogens is 444 g/mol. The Morgan fingerprint density at radius 2 is 1.18 bits per heavy atom. The zero-order valence-electron chi connectivity index (χ0n) is 20.3. The first-order valence-electron chi connectivity index (χ1n) is 10.8. The number of nitrogens with zero attached hydrogens (tertiary/aromatic N) is 6. The second-order valence-corrected chi connectivity index (χ2v) is 8.36. The van der Waals surface area contributed by atoms with E-state index >= 15 is 0 Å². The van der Waals surface area contributed by atoms with E-state index in [4.69, 9.17) is 28.8 Å². The summed E-state index contributed by atoms with van der Waals surface area (Å²) >= 11 is 0. The van der Waals surface area contributed by atoms with E-state index in [1.54, 1.807) is 0 Å². The van der Waals surface area contributed by atoms with Gasteiger partial charge in [-0.2, -0.15) is 9.97 Å². The van der Waals surface area contributed by atoms with Crippen LogP contribution in [0, 0.1) is 13.8 Å². The van der Waals surface area contributed by atoms with Crippen LogP contribution < -0.4 is 0 Å². The molecule has 4 heterocycles. The fraction of sp³-hybridized carbons (Fsp3) is 0.545. The number of aliphatic carboxylic acids is 2. The molecule has 0 saturated heterocycles. The van der Waals surface area contributed by atoms with Crippen molar-refractivity contribution in [2.24, 2.45) is 0 Å². The first kappa shape index (κ1) is 26.9. The summed E-state index contributed by atoms with van der Waals surface area (Å²) in [7, 11) is 4.22. The van der Waals surface area contributed by atoms with Crippen molar-refractivity contribution in [2.45, 2.75) is 52.6 Å². The molecule has 2 N–H and O–H groups in total. The van der Waals surface area contributed by atoms with Crippen molar-refractivity contribution in [2.75, 3.05) is 27.2 Å². The van der Waals surface area contributed by atoms with Crippen molar-refractivity contribution in [1.82, 2.24) is 30.1 Å². The van der Waals surface area contributed by atoms with E-state index < -0.39 is 11.9 Å². The van der Waals surface area contributed by atoms with Gasteiger partial charge in [0.05, 0.1) is 0 Å². The normalized spacial score (nSPS) is 20.8. The van der Waals surface area contributed by atoms with Gasteiger partial charge in [-0.25, -0.2) is 9.59 Å². The lowest BCUT2D eigenvalue weighted by Gasteiger charge is -2.28. The second-order valence-electron chi connectivity index (χ2n) is 8.36. The monoisotopic (exact) mass is 476 g/mol. The van der Waals surface area contributed by atoms with E-state index in [1.807, 2.05) is 13.8 Å². The van der Waals surface area contributed by atoms with Crippen LogP contribution in [0.15, 0.2) is 21.2 Å². The molecule has 0 bridgehead atoms. The summed E-state index contributed by atoms with van der Waals surface area (Å²) in [5, 5.41) is 22.4. The van der Waals surface area contributed by atoms with Crippen LogP contribution in [-0.4, -0.2) is 91.5 Å². The fourth-order valence-electron chi connectivity index (χ4n) is 3.13. The van der Waals surface area contributed by atoms with Crippen molar-refractivity contribution in [3.8, 4) is 0 Å². The largest absolute Gasteiger partial charge is 0.473 e. The van der Waals surface area contributed by atoms with Crippen LogP contribution in [0.4, 0.5) is 0 Å². The summed E-state index contributed by atoms with van der Waals surface area (Å²) < 4.78 is 10.3. The maximum atomic E-state index is 9.10. The van der Waals surface area contributed by atoms with E-state index in [0.717, 1.165) is 37.1 Å². The molecule has 4 rings (SSSR count). The fourth-order valence-corrected chi connectivity index (χ4v) is 3.13. The van der Waals surface area contributed by atoms with Crippen LogP contribution in [0.25, 0.3) is 11.1 Å². The molecule has 2 atom stereocenters. The van der Waals surface area contributed by atoms with Crippen molar-refractivity contribution in [3.05, 3.63) is 35.6 Å². The van der Waals surface area contributed by atoms with Gasteiger partial charge in [-0.1, -0.05) is 22.5 Å². The molecule has 0 aromatic carbocycles. The van der Waals surface area contributed by atoms with Crippen LogP contribution in [-0.2, 0) is 9.59 Å². The number of carboxylic acid groups (broad SMARTS) is 2. The molecule has 0 spiro atoms. The van der Waals surface area contributed by atoms with Gasteiger partial charge in [0.25, 0.3) is 11.8 Å². The molecule has 2 aromatic heterocycles. The molecule has 0 fully saturated rings. The van der Waals surface area contributed by atoms with E-state index in [9.17, 15) is 0 Å². The van der Waals surface area contributed by atoms with Gasteiger partial charge in [0.2, 0.25) is 0 Å². The summed E-state index contributed by atoms with van der Waals surface area (Å²) in [5.74, 6) is -0.920. The highest BCUT2D eigenvalue weighted by molar-refractivity contribution is 6.27. The summed E-state index contributed by atoms with van der Waals surface area (Å²) in [6.07, 6.45) is 6.48. The number of likely N-dealkylation sites (N-methyl/N-ethyl adjacent to an activating group) is 2. The number of carbonyl (C=O) groups is 2. The minimum atomic E-state index is -1.82. The Bertz CT molecular complexity index is 960. The van der Waals surface area contributed by atoms with Gasteiger partial charge in [-0.15, -0.1) is 0 Å². The molecule has 12 heteroatoms. The van der Waals surface area contributed by atoms with E-state index in [2.05, 4.69) is 70.2 Å². The lowest BCUT2D eigenvalue weighted by molar-refractivity contribution is -0.159. The Morgan fingerprint density at radius 1 is 0.824 bits per heavy atom. The standard InChI is InChI=1S/2C10H15N3O.C2H2O4/c2*1-7-4-5-9(6-13(7)3)10-11-8(2)12-14-10;3-1(4)2(5)6/h2*5,7H,4,6H2,1-3H3;(H,3,4)(H,5,6). The Kier molecular flexibility index (Phi) is 9.63. The molecule has 2 aromatic rings. The van der Waals surface area contributed by atoms with E-state index in [0.29, 0.717) is 35.5 Å². The number of rotatable bonds is 2. The smallest absolute Gasteiger partial charge is 0.414 e. The molecule has 0 saturated carbocycles. The maximum absolute atomic E-state index is 9.10. The van der Waals surface area contributed by atoms with Gasteiger partial charge >= 0.3 is 11.9 Å². The van der Waals surface area contributed by atoms with E-state index in [1.165, 1.54) is 0 Å². The van der Waals surface area contributed by atoms with Crippen molar-refractivity contribution in [1.29, 1.82) is 0 Å². The first-order chi connectivity index (χ1) is 16.0. The molecule has 0 aliphatic carbocycles. The van der Waals surface area contributed by atoms with Crippen LogP contribution in [0.5, 0.6) is 0 Å². The number of carboxylic acids is 2. The highest BCUT2D eigenvalue weighted by Gasteiger charge is 2.20. The molecule has 2 unspecified atom stereocenters. The summed E-state index contributed by atoms with van der Waals surface area (Å²) in [4.78, 5) is 31.2. The molecule has 12 nitrogen and oxygen atoms in total. The van der Waals surface area contributed by atoms with Gasteiger partial charge < -0.3 is 19.3 Å². The predicted octanol–water partition coefficient (Wildman–Crippen LogP) is 2.13. The molecule has 0 radical (unpaired) electrons. The SMILES string of the molecule is Cc1noc(C2=CCC(C)N(C)C2)n1.Cc1noc(C2=CCC(C)N(C)C2)n1.O=C(O)C(=O)O. The molecular formula is C22H32N6O6. The quantitative estimate of drug-likeness (QED) is 0.609. The van der Waals surface area contributed by atoms with Crippen molar-refractivity contribution >= 4 is 23.1 Å². The average Bonchev–Trinajstić information content (AvgIpc) is 3.41. The van der Waals surface area contributed by atoms with Crippen LogP contribution >= 0.6 is 0 Å². The summed E-state index contributed by atoms with van der Waals surface area (Å²) in [5.41, 5.74) is 2.29. The number of hydrogen-bond donors (Lipinski definition) is 2. The number of aromatic nitrogens is 4. The third-order valence-corrected chi connectivity index (χ3v) is 5.54. The summed E-state index contributed by atoms with van der Waals surface area (Å²) in [6, 6.07) is 1.20. The van der Waals surface area contributed by atoms with Gasteiger partial charge in [0.15, 0.2) is 11.6 Å². The molecule has 2 aliphatic heterocycles. The van der Waals surface area contributed by atoms with E-state index in [-0.39, 0.29) is 0 Å². The third kappa shape index (κ3) is 7.89. The van der Waals surface area contributed by atoms with Gasteiger partial charge in [0, 0.05) is 36.3 Å². The van der Waals surface area contributed by atoms with Gasteiger partial charge in [0.1, 0.15) is 0 Å². The first-order valence-corrected chi connectivity index (χ1v) is 10.8. The molecule has 0 amide bonds. The number of aryl methyl sites for hydroxylation is 2. The Hall–Kier alpha value is -3.38. The zero-order valence-corrected chi connectivity index (χ0v) is 20.3.